The minimum atomic E-state index is -0.883. The van der Waals surface area contributed by atoms with Gasteiger partial charge in [-0.3, -0.25) is 9.20 Å². The van der Waals surface area contributed by atoms with E-state index in [1.807, 2.05) is 60.7 Å². The number of aromatic nitrogens is 3. The van der Waals surface area contributed by atoms with Crippen LogP contribution >= 0.6 is 11.8 Å². The van der Waals surface area contributed by atoms with Crippen LogP contribution in [0.1, 0.15) is 18.4 Å². The second-order valence-electron chi connectivity index (χ2n) is 8.77. The molecule has 6 nitrogen and oxygen atoms in total. The van der Waals surface area contributed by atoms with Crippen molar-refractivity contribution in [3.63, 3.8) is 0 Å². The van der Waals surface area contributed by atoms with E-state index in [0.29, 0.717) is 26.1 Å². The molecule has 0 amide bonds. The lowest BCUT2D eigenvalue weighted by Gasteiger charge is -2.33. The number of hydrogen-bond donors (Lipinski definition) is 1. The zero-order valence-electron chi connectivity index (χ0n) is 18.9. The van der Waals surface area contributed by atoms with Gasteiger partial charge in [-0.15, -0.1) is 10.2 Å². The number of ether oxygens (including phenoxy) is 1. The van der Waals surface area contributed by atoms with Gasteiger partial charge < -0.3 is 9.84 Å². The quantitative estimate of drug-likeness (QED) is 0.340. The molecule has 3 aromatic carbocycles. The maximum absolute atomic E-state index is 12.2. The Bertz CT molecular complexity index is 1540. The normalized spacial score (nSPS) is 15.4. The van der Waals surface area contributed by atoms with Crippen molar-refractivity contribution >= 4 is 34.3 Å². The van der Waals surface area contributed by atoms with Crippen molar-refractivity contribution in [1.82, 2.24) is 14.6 Å². The molecule has 0 spiro atoms. The van der Waals surface area contributed by atoms with Crippen molar-refractivity contribution in [2.45, 2.75) is 28.0 Å². The van der Waals surface area contributed by atoms with Gasteiger partial charge in [-0.05, 0) is 66.3 Å². The summed E-state index contributed by atoms with van der Waals surface area (Å²) in [5.74, 6) is 0.0376. The summed E-state index contributed by atoms with van der Waals surface area (Å²) >= 11 is 1.63. The molecular weight excluding hydrogens is 458 g/mol. The Hall–Kier alpha value is -3.68. The van der Waals surface area contributed by atoms with Gasteiger partial charge in [0.15, 0.2) is 11.5 Å². The fourth-order valence-electron chi connectivity index (χ4n) is 4.85. The average molecular weight is 482 g/mol. The highest BCUT2D eigenvalue weighted by molar-refractivity contribution is 7.99. The summed E-state index contributed by atoms with van der Waals surface area (Å²) in [6, 6.07) is 28.4. The van der Waals surface area contributed by atoms with Crippen LogP contribution in [0.3, 0.4) is 0 Å². The minimum absolute atomic E-state index is 0.469. The van der Waals surface area contributed by atoms with E-state index in [1.165, 1.54) is 0 Å². The van der Waals surface area contributed by atoms with Gasteiger partial charge in [0.2, 0.25) is 0 Å². The summed E-state index contributed by atoms with van der Waals surface area (Å²) in [5, 5.41) is 19.9. The number of carboxylic acid groups (broad SMARTS) is 1. The third-order valence-corrected chi connectivity index (χ3v) is 7.73. The van der Waals surface area contributed by atoms with Crippen LogP contribution in [0, 0.1) is 0 Å². The van der Waals surface area contributed by atoms with E-state index in [4.69, 9.17) is 4.74 Å². The third kappa shape index (κ3) is 3.87. The SMILES string of the molecule is O=C(O)C1(c2cccc(Sc3ccc4c(ccc5nnc(-c6ccccc6)n54)c3)c2)CCOCC1. The van der Waals surface area contributed by atoms with Crippen molar-refractivity contribution in [1.29, 1.82) is 0 Å². The van der Waals surface area contributed by atoms with Gasteiger partial charge >= 0.3 is 5.97 Å². The predicted molar refractivity (Wildman–Crippen MR) is 136 cm³/mol. The third-order valence-electron chi connectivity index (χ3n) is 6.75. The monoisotopic (exact) mass is 481 g/mol. The summed E-state index contributed by atoms with van der Waals surface area (Å²) in [5.41, 5.74) is 2.82. The van der Waals surface area contributed by atoms with Crippen LogP contribution in [0.15, 0.2) is 94.7 Å². The molecule has 35 heavy (non-hydrogen) atoms. The van der Waals surface area contributed by atoms with Crippen LogP contribution in [-0.2, 0) is 14.9 Å². The van der Waals surface area contributed by atoms with E-state index in [-0.39, 0.29) is 0 Å². The van der Waals surface area contributed by atoms with Crippen molar-refractivity contribution in [2.24, 2.45) is 0 Å². The lowest BCUT2D eigenvalue weighted by Crippen LogP contribution is -2.41. The zero-order chi connectivity index (χ0) is 23.8. The summed E-state index contributed by atoms with van der Waals surface area (Å²) in [4.78, 5) is 14.3. The standard InChI is InChI=1S/C28H23N3O3S/c32-27(33)28(13-15-34-16-14-28)21-7-4-8-22(18-21)35-23-10-11-24-20(17-23)9-12-25-29-30-26(31(24)25)19-5-2-1-3-6-19/h1-12,17-18H,13-16H2,(H,32,33). The molecule has 7 heteroatoms. The Morgan fingerprint density at radius 2 is 1.69 bits per heavy atom. The maximum atomic E-state index is 12.2. The van der Waals surface area contributed by atoms with Gasteiger partial charge in [-0.2, -0.15) is 0 Å². The lowest BCUT2D eigenvalue weighted by molar-refractivity contribution is -0.147. The molecule has 1 aliphatic heterocycles. The van der Waals surface area contributed by atoms with E-state index < -0.39 is 11.4 Å². The van der Waals surface area contributed by atoms with Gasteiger partial charge in [-0.25, -0.2) is 0 Å². The molecule has 3 heterocycles. The van der Waals surface area contributed by atoms with Crippen LogP contribution in [0.25, 0.3) is 27.9 Å². The summed E-state index contributed by atoms with van der Waals surface area (Å²) in [7, 11) is 0. The summed E-state index contributed by atoms with van der Waals surface area (Å²) in [6.07, 6.45) is 0.982. The number of aliphatic carboxylic acids is 1. The van der Waals surface area contributed by atoms with Crippen LogP contribution in [0.2, 0.25) is 0 Å². The molecule has 1 fully saturated rings. The average Bonchev–Trinajstić information content (AvgIpc) is 3.34. The van der Waals surface area contributed by atoms with Gasteiger partial charge in [0, 0.05) is 28.6 Å². The fraction of sp³-hybridized carbons (Fsp3) is 0.179. The molecule has 2 aromatic heterocycles. The summed E-state index contributed by atoms with van der Waals surface area (Å²) in [6.45, 7) is 0.938. The van der Waals surface area contributed by atoms with Gasteiger partial charge in [0.1, 0.15) is 0 Å². The Morgan fingerprint density at radius 1 is 0.886 bits per heavy atom. The highest BCUT2D eigenvalue weighted by Crippen LogP contribution is 2.38. The van der Waals surface area contributed by atoms with E-state index >= 15 is 0 Å². The molecule has 0 unspecified atom stereocenters. The van der Waals surface area contributed by atoms with Crippen LogP contribution in [-0.4, -0.2) is 38.9 Å². The van der Waals surface area contributed by atoms with Crippen LogP contribution in [0.4, 0.5) is 0 Å². The smallest absolute Gasteiger partial charge is 0.314 e. The Labute approximate surface area is 206 Å². The number of fused-ring (bicyclic) bond motifs is 3. The summed E-state index contributed by atoms with van der Waals surface area (Å²) < 4.78 is 7.53. The number of nitrogens with zero attached hydrogens (tertiary/aromatic N) is 3. The molecule has 0 atom stereocenters. The first kappa shape index (κ1) is 21.8. The highest BCUT2D eigenvalue weighted by atomic mass is 32.2. The van der Waals surface area contributed by atoms with Crippen molar-refractivity contribution in [2.75, 3.05) is 13.2 Å². The van der Waals surface area contributed by atoms with Crippen LogP contribution in [0.5, 0.6) is 0 Å². The largest absolute Gasteiger partial charge is 0.481 e. The molecule has 0 aliphatic carbocycles. The van der Waals surface area contributed by atoms with E-state index in [1.54, 1.807) is 11.8 Å². The highest BCUT2D eigenvalue weighted by Gasteiger charge is 2.42. The van der Waals surface area contributed by atoms with Gasteiger partial charge in [-0.1, -0.05) is 54.2 Å². The molecular formula is C28H23N3O3S. The predicted octanol–water partition coefficient (Wildman–Crippen LogP) is 5.83. The molecule has 0 saturated carbocycles. The number of pyridine rings is 1. The molecule has 0 bridgehead atoms. The molecule has 1 N–H and O–H groups in total. The topological polar surface area (TPSA) is 76.7 Å². The molecule has 0 radical (unpaired) electrons. The number of carbonyl (C=O) groups is 1. The molecule has 1 aliphatic rings. The molecule has 6 rings (SSSR count). The van der Waals surface area contributed by atoms with E-state index in [9.17, 15) is 9.90 Å². The van der Waals surface area contributed by atoms with Crippen LogP contribution < -0.4 is 0 Å². The first-order chi connectivity index (χ1) is 17.1. The van der Waals surface area contributed by atoms with Crippen molar-refractivity contribution in [3.05, 3.63) is 90.5 Å². The first-order valence-corrected chi connectivity index (χ1v) is 12.4. The van der Waals surface area contributed by atoms with Crippen molar-refractivity contribution in [3.8, 4) is 11.4 Å². The zero-order valence-corrected chi connectivity index (χ0v) is 19.7. The first-order valence-electron chi connectivity index (χ1n) is 11.6. The molecule has 174 valence electrons. The fourth-order valence-corrected chi connectivity index (χ4v) is 5.78. The Kier molecular flexibility index (Phi) is 5.51. The number of carboxylic acids is 1. The lowest BCUT2D eigenvalue weighted by atomic mass is 9.74. The minimum Gasteiger partial charge on any atom is -0.481 e. The van der Waals surface area contributed by atoms with Crippen molar-refractivity contribution < 1.29 is 14.6 Å². The number of rotatable bonds is 5. The van der Waals surface area contributed by atoms with Gasteiger partial charge in [0.05, 0.1) is 10.9 Å². The van der Waals surface area contributed by atoms with E-state index in [2.05, 4.69) is 38.9 Å². The Balaban J connectivity index is 1.36. The maximum Gasteiger partial charge on any atom is 0.314 e. The Morgan fingerprint density at radius 3 is 2.49 bits per heavy atom. The number of benzene rings is 3. The molecule has 1 saturated heterocycles. The second kappa shape index (κ2) is 8.83. The van der Waals surface area contributed by atoms with E-state index in [0.717, 1.165) is 43.3 Å². The van der Waals surface area contributed by atoms with Gasteiger partial charge in [0.25, 0.3) is 0 Å². The second-order valence-corrected chi connectivity index (χ2v) is 9.91. The number of hydrogen-bond acceptors (Lipinski definition) is 5. The molecule has 5 aromatic rings.